The van der Waals surface area contributed by atoms with Gasteiger partial charge in [0.1, 0.15) is 6.04 Å². The topological polar surface area (TPSA) is 88.5 Å². The fraction of sp³-hybridized carbons (Fsp3) is 0.385. The van der Waals surface area contributed by atoms with E-state index in [0.717, 1.165) is 5.56 Å². The molecule has 4 rings (SSSR count). The molecule has 0 spiro atoms. The first-order valence-electron chi connectivity index (χ1n) is 11.5. The molecule has 1 aromatic heterocycles. The molecule has 1 aromatic carbocycles. The van der Waals surface area contributed by atoms with Gasteiger partial charge in [0.15, 0.2) is 0 Å². The molecule has 3 atom stereocenters. The van der Waals surface area contributed by atoms with Crippen molar-refractivity contribution in [3.8, 4) is 0 Å². The summed E-state index contributed by atoms with van der Waals surface area (Å²) < 4.78 is 1.46. The van der Waals surface area contributed by atoms with Gasteiger partial charge in [-0.3, -0.25) is 24.1 Å². The zero-order chi connectivity index (χ0) is 24.4. The van der Waals surface area contributed by atoms with Crippen LogP contribution in [0.15, 0.2) is 59.5 Å². The van der Waals surface area contributed by atoms with Gasteiger partial charge in [0, 0.05) is 17.3 Å². The van der Waals surface area contributed by atoms with Gasteiger partial charge in [-0.1, -0.05) is 55.8 Å². The average molecular weight is 482 g/mol. The molecule has 1 saturated heterocycles. The number of likely N-dealkylation sites (tertiary alicyclic amines) is 1. The van der Waals surface area contributed by atoms with Crippen molar-refractivity contribution in [1.29, 1.82) is 0 Å². The minimum Gasteiger partial charge on any atom is -0.323 e. The Labute approximate surface area is 203 Å². The van der Waals surface area contributed by atoms with E-state index in [4.69, 9.17) is 11.6 Å². The molecule has 3 amide bonds. The van der Waals surface area contributed by atoms with Crippen molar-refractivity contribution in [2.45, 2.75) is 45.7 Å². The van der Waals surface area contributed by atoms with Gasteiger partial charge >= 0.3 is 0 Å². The number of benzene rings is 1. The quantitative estimate of drug-likeness (QED) is 0.480. The van der Waals surface area contributed by atoms with Crippen LogP contribution in [0.3, 0.4) is 0 Å². The second-order valence-electron chi connectivity index (χ2n) is 9.31. The third-order valence-corrected chi connectivity index (χ3v) is 6.77. The largest absolute Gasteiger partial charge is 0.323 e. The molecule has 1 aliphatic heterocycles. The second-order valence-corrected chi connectivity index (χ2v) is 9.72. The number of amides is 3. The minimum atomic E-state index is -0.908. The molecule has 34 heavy (non-hydrogen) atoms. The molecule has 0 saturated carbocycles. The van der Waals surface area contributed by atoms with Crippen LogP contribution in [0.25, 0.3) is 0 Å². The number of halogens is 1. The van der Waals surface area contributed by atoms with E-state index in [9.17, 15) is 19.2 Å². The van der Waals surface area contributed by atoms with Crippen molar-refractivity contribution < 1.29 is 14.4 Å². The Hall–Kier alpha value is -3.19. The number of carbonyl (C=O) groups is 3. The summed E-state index contributed by atoms with van der Waals surface area (Å²) in [6, 6.07) is 9.22. The molecule has 7 nitrogen and oxygen atoms in total. The molecular weight excluding hydrogens is 454 g/mol. The van der Waals surface area contributed by atoms with E-state index in [1.165, 1.54) is 21.6 Å². The number of hydrogen-bond donors (Lipinski definition) is 1. The standard InChI is InChI=1S/C26H28ClN3O4/c1-16(2)13-22(30-25(33)19-8-4-5-9-20(19)26(30)34)24(32)28-18-11-12-23(31)29(15-18)14-17-7-3-6-10-21(17)27/h3-7,10-12,15-16,19-20,22H,8-9,13-14H2,1-2H3,(H,28,32). The molecule has 1 fully saturated rings. The Bertz CT molecular complexity index is 1180. The summed E-state index contributed by atoms with van der Waals surface area (Å²) in [5, 5.41) is 3.37. The summed E-state index contributed by atoms with van der Waals surface area (Å²) in [6.07, 6.45) is 6.80. The number of imide groups is 1. The highest BCUT2D eigenvalue weighted by Gasteiger charge is 2.51. The number of carbonyl (C=O) groups excluding carboxylic acids is 3. The number of rotatable bonds is 7. The molecule has 0 bridgehead atoms. The molecule has 1 aliphatic carbocycles. The van der Waals surface area contributed by atoms with Gasteiger partial charge < -0.3 is 9.88 Å². The van der Waals surface area contributed by atoms with Gasteiger partial charge in [0.25, 0.3) is 5.56 Å². The van der Waals surface area contributed by atoms with Gasteiger partial charge in [-0.05, 0) is 42.9 Å². The number of anilines is 1. The first-order valence-corrected chi connectivity index (χ1v) is 11.9. The van der Waals surface area contributed by atoms with Crippen LogP contribution in [0.4, 0.5) is 5.69 Å². The van der Waals surface area contributed by atoms with Crippen LogP contribution in [0, 0.1) is 17.8 Å². The molecule has 2 aromatic rings. The van der Waals surface area contributed by atoms with Gasteiger partial charge in [0.2, 0.25) is 17.7 Å². The summed E-state index contributed by atoms with van der Waals surface area (Å²) in [6.45, 7) is 4.14. The first-order chi connectivity index (χ1) is 16.3. The molecule has 8 heteroatoms. The number of fused-ring (bicyclic) bond motifs is 1. The molecule has 2 heterocycles. The molecule has 0 radical (unpaired) electrons. The Balaban J connectivity index is 1.57. The Morgan fingerprint density at radius 2 is 1.68 bits per heavy atom. The van der Waals surface area contributed by atoms with E-state index in [2.05, 4.69) is 5.32 Å². The van der Waals surface area contributed by atoms with Crippen LogP contribution >= 0.6 is 11.6 Å². The smallest absolute Gasteiger partial charge is 0.250 e. The molecule has 1 N–H and O–H groups in total. The van der Waals surface area contributed by atoms with E-state index < -0.39 is 23.8 Å². The predicted octanol–water partition coefficient (Wildman–Crippen LogP) is 3.85. The van der Waals surface area contributed by atoms with Gasteiger partial charge in [-0.25, -0.2) is 0 Å². The number of hydrogen-bond acceptors (Lipinski definition) is 4. The highest BCUT2D eigenvalue weighted by molar-refractivity contribution is 6.31. The lowest BCUT2D eigenvalue weighted by Crippen LogP contribution is -2.48. The highest BCUT2D eigenvalue weighted by Crippen LogP contribution is 2.37. The van der Waals surface area contributed by atoms with Crippen LogP contribution in [0.5, 0.6) is 0 Å². The van der Waals surface area contributed by atoms with Crippen LogP contribution in [0.2, 0.25) is 5.02 Å². The van der Waals surface area contributed by atoms with E-state index in [1.807, 2.05) is 44.2 Å². The van der Waals surface area contributed by atoms with Gasteiger partial charge in [-0.15, -0.1) is 0 Å². The van der Waals surface area contributed by atoms with Crippen molar-refractivity contribution in [2.24, 2.45) is 17.8 Å². The minimum absolute atomic E-state index is 0.0891. The summed E-state index contributed by atoms with van der Waals surface area (Å²) in [5.74, 6) is -1.68. The fourth-order valence-electron chi connectivity index (χ4n) is 4.67. The van der Waals surface area contributed by atoms with Crippen molar-refractivity contribution in [3.63, 3.8) is 0 Å². The van der Waals surface area contributed by atoms with E-state index in [1.54, 1.807) is 12.3 Å². The second kappa shape index (κ2) is 9.97. The number of aromatic nitrogens is 1. The Morgan fingerprint density at radius 3 is 2.29 bits per heavy atom. The lowest BCUT2D eigenvalue weighted by molar-refractivity contribution is -0.147. The number of allylic oxidation sites excluding steroid dienone is 2. The molecule has 3 unspecified atom stereocenters. The zero-order valence-corrected chi connectivity index (χ0v) is 20.0. The lowest BCUT2D eigenvalue weighted by atomic mass is 9.85. The number of nitrogens with one attached hydrogen (secondary N) is 1. The Kier molecular flexibility index (Phi) is 7.03. The maximum atomic E-state index is 13.4. The van der Waals surface area contributed by atoms with Crippen LogP contribution in [-0.2, 0) is 20.9 Å². The molecule has 178 valence electrons. The maximum Gasteiger partial charge on any atom is 0.250 e. The van der Waals surface area contributed by atoms with Crippen molar-refractivity contribution in [2.75, 3.05) is 5.32 Å². The van der Waals surface area contributed by atoms with E-state index in [0.29, 0.717) is 30.0 Å². The number of pyridine rings is 1. The number of nitrogens with zero attached hydrogens (tertiary/aromatic N) is 2. The predicted molar refractivity (Wildman–Crippen MR) is 130 cm³/mol. The third-order valence-electron chi connectivity index (χ3n) is 6.40. The summed E-state index contributed by atoms with van der Waals surface area (Å²) in [5.41, 5.74) is 0.943. The summed E-state index contributed by atoms with van der Waals surface area (Å²) in [7, 11) is 0. The lowest BCUT2D eigenvalue weighted by Gasteiger charge is -2.27. The van der Waals surface area contributed by atoms with Crippen molar-refractivity contribution in [1.82, 2.24) is 9.47 Å². The van der Waals surface area contributed by atoms with Gasteiger partial charge in [0.05, 0.1) is 24.1 Å². The van der Waals surface area contributed by atoms with Crippen molar-refractivity contribution in [3.05, 3.63) is 75.7 Å². The van der Waals surface area contributed by atoms with E-state index >= 15 is 0 Å². The average Bonchev–Trinajstić information content (AvgIpc) is 3.06. The first kappa shape index (κ1) is 24.0. The molecule has 2 aliphatic rings. The third kappa shape index (κ3) is 4.85. The normalized spacial score (nSPS) is 20.5. The van der Waals surface area contributed by atoms with Crippen LogP contribution in [0.1, 0.15) is 38.7 Å². The van der Waals surface area contributed by atoms with Crippen molar-refractivity contribution >= 4 is 35.0 Å². The van der Waals surface area contributed by atoms with Crippen LogP contribution < -0.4 is 10.9 Å². The zero-order valence-electron chi connectivity index (χ0n) is 19.2. The van der Waals surface area contributed by atoms with Gasteiger partial charge in [-0.2, -0.15) is 0 Å². The SMILES string of the molecule is CC(C)CC(C(=O)Nc1ccc(=O)n(Cc2ccccc2Cl)c1)N1C(=O)C2CC=CCC2C1=O. The summed E-state index contributed by atoms with van der Waals surface area (Å²) in [4.78, 5) is 53.1. The maximum absolute atomic E-state index is 13.4. The fourth-order valence-corrected chi connectivity index (χ4v) is 4.87. The molecular formula is C26H28ClN3O4. The van der Waals surface area contributed by atoms with Crippen LogP contribution in [-0.4, -0.2) is 33.2 Å². The highest BCUT2D eigenvalue weighted by atomic mass is 35.5. The van der Waals surface area contributed by atoms with E-state index in [-0.39, 0.29) is 29.8 Å². The summed E-state index contributed by atoms with van der Waals surface area (Å²) >= 11 is 6.23. The monoisotopic (exact) mass is 481 g/mol. The Morgan fingerprint density at radius 1 is 1.03 bits per heavy atom.